The fourth-order valence-corrected chi connectivity index (χ4v) is 4.50. The van der Waals surface area contributed by atoms with E-state index in [0.29, 0.717) is 30.0 Å². The molecule has 3 aromatic rings. The van der Waals surface area contributed by atoms with Crippen LogP contribution in [0.2, 0.25) is 0 Å². The second-order valence-electron chi connectivity index (χ2n) is 8.61. The Morgan fingerprint density at radius 1 is 1.00 bits per heavy atom. The maximum absolute atomic E-state index is 14.3. The van der Waals surface area contributed by atoms with Crippen molar-refractivity contribution in [2.24, 2.45) is 0 Å². The number of carbonyl (C=O) groups excluding carboxylic acids is 1. The maximum atomic E-state index is 14.3. The molecule has 0 aliphatic carbocycles. The highest BCUT2D eigenvalue weighted by Crippen LogP contribution is 2.27. The molecule has 7 heteroatoms. The molecule has 2 aliphatic rings. The first-order valence-electron chi connectivity index (χ1n) is 11.4. The van der Waals surface area contributed by atoms with Gasteiger partial charge >= 0.3 is 0 Å². The summed E-state index contributed by atoms with van der Waals surface area (Å²) in [6.07, 6.45) is 0. The Morgan fingerprint density at radius 3 is 2.50 bits per heavy atom. The molecule has 5 rings (SSSR count). The largest absolute Gasteiger partial charge is 0.489 e. The molecule has 1 amide bonds. The Labute approximate surface area is 198 Å². The van der Waals surface area contributed by atoms with Gasteiger partial charge < -0.3 is 15.0 Å². The molecule has 0 spiro atoms. The molecular weight excluding hydrogens is 431 g/mol. The SMILES string of the molecule is N#Cc1ccc(N2CCN(Cc3ccc(COc4cccc5c4CNC5=O)cc3)CC2)c(F)c1. The van der Waals surface area contributed by atoms with E-state index in [1.54, 1.807) is 12.1 Å². The molecule has 6 nitrogen and oxygen atoms in total. The van der Waals surface area contributed by atoms with Crippen LogP contribution < -0.4 is 15.0 Å². The summed E-state index contributed by atoms with van der Waals surface area (Å²) < 4.78 is 20.3. The van der Waals surface area contributed by atoms with Crippen LogP contribution in [0.1, 0.15) is 32.6 Å². The van der Waals surface area contributed by atoms with E-state index in [9.17, 15) is 9.18 Å². The number of nitrogens with one attached hydrogen (secondary N) is 1. The van der Waals surface area contributed by atoms with Gasteiger partial charge in [-0.25, -0.2) is 4.39 Å². The Kier molecular flexibility index (Phi) is 6.15. The number of hydrogen-bond donors (Lipinski definition) is 1. The lowest BCUT2D eigenvalue weighted by Crippen LogP contribution is -2.46. The van der Waals surface area contributed by atoms with Crippen molar-refractivity contribution in [3.8, 4) is 11.8 Å². The fourth-order valence-electron chi connectivity index (χ4n) is 4.50. The van der Waals surface area contributed by atoms with Gasteiger partial charge in [-0.2, -0.15) is 5.26 Å². The lowest BCUT2D eigenvalue weighted by molar-refractivity contribution is 0.0965. The molecule has 1 fully saturated rings. The molecule has 1 N–H and O–H groups in total. The molecule has 0 radical (unpaired) electrons. The molecular formula is C27H25FN4O2. The van der Waals surface area contributed by atoms with E-state index in [-0.39, 0.29) is 11.7 Å². The fraction of sp³-hybridized carbons (Fsp3) is 0.259. The minimum Gasteiger partial charge on any atom is -0.489 e. The number of rotatable bonds is 6. The normalized spacial score (nSPS) is 15.5. The lowest BCUT2D eigenvalue weighted by atomic mass is 10.1. The van der Waals surface area contributed by atoms with Crippen molar-refractivity contribution < 1.29 is 13.9 Å². The first-order chi connectivity index (χ1) is 16.6. The number of hydrogen-bond acceptors (Lipinski definition) is 5. The van der Waals surface area contributed by atoms with Crippen LogP contribution >= 0.6 is 0 Å². The summed E-state index contributed by atoms with van der Waals surface area (Å²) in [4.78, 5) is 16.2. The summed E-state index contributed by atoms with van der Waals surface area (Å²) in [6.45, 7) is 4.96. The van der Waals surface area contributed by atoms with Crippen LogP contribution in [0.5, 0.6) is 5.75 Å². The number of piperazine rings is 1. The van der Waals surface area contributed by atoms with Gasteiger partial charge in [-0.3, -0.25) is 9.69 Å². The third-order valence-corrected chi connectivity index (χ3v) is 6.42. The number of halogens is 1. The highest BCUT2D eigenvalue weighted by atomic mass is 19.1. The predicted octanol–water partition coefficient (Wildman–Crippen LogP) is 3.84. The van der Waals surface area contributed by atoms with Crippen molar-refractivity contribution in [3.63, 3.8) is 0 Å². The quantitative estimate of drug-likeness (QED) is 0.611. The summed E-state index contributed by atoms with van der Waals surface area (Å²) >= 11 is 0. The second-order valence-corrected chi connectivity index (χ2v) is 8.61. The maximum Gasteiger partial charge on any atom is 0.252 e. The number of fused-ring (bicyclic) bond motifs is 1. The summed E-state index contributed by atoms with van der Waals surface area (Å²) in [7, 11) is 0. The zero-order chi connectivity index (χ0) is 23.5. The highest BCUT2D eigenvalue weighted by Gasteiger charge is 2.22. The number of nitriles is 1. The summed E-state index contributed by atoms with van der Waals surface area (Å²) in [5.41, 5.74) is 4.80. The van der Waals surface area contributed by atoms with Gasteiger partial charge in [0.2, 0.25) is 0 Å². The lowest BCUT2D eigenvalue weighted by Gasteiger charge is -2.36. The monoisotopic (exact) mass is 456 g/mol. The molecule has 172 valence electrons. The number of carbonyl (C=O) groups is 1. The minimum absolute atomic E-state index is 0.0484. The zero-order valence-electron chi connectivity index (χ0n) is 18.8. The number of benzene rings is 3. The number of nitrogens with zero attached hydrogens (tertiary/aromatic N) is 3. The van der Waals surface area contributed by atoms with Crippen LogP contribution in [0.3, 0.4) is 0 Å². The van der Waals surface area contributed by atoms with Crippen molar-refractivity contribution >= 4 is 11.6 Å². The first kappa shape index (κ1) is 21.9. The van der Waals surface area contributed by atoms with Gasteiger partial charge in [0.1, 0.15) is 18.2 Å². The molecule has 3 aromatic carbocycles. The van der Waals surface area contributed by atoms with Crippen LogP contribution in [0, 0.1) is 17.1 Å². The van der Waals surface area contributed by atoms with Crippen LogP contribution in [0.4, 0.5) is 10.1 Å². The topological polar surface area (TPSA) is 68.6 Å². The van der Waals surface area contributed by atoms with Crippen molar-refractivity contribution in [1.82, 2.24) is 10.2 Å². The van der Waals surface area contributed by atoms with Gasteiger partial charge in [0.15, 0.2) is 0 Å². The van der Waals surface area contributed by atoms with E-state index < -0.39 is 0 Å². The van der Waals surface area contributed by atoms with Crippen LogP contribution in [0.25, 0.3) is 0 Å². The predicted molar refractivity (Wildman–Crippen MR) is 127 cm³/mol. The zero-order valence-corrected chi connectivity index (χ0v) is 18.8. The molecule has 1 saturated heterocycles. The second kappa shape index (κ2) is 9.54. The van der Waals surface area contributed by atoms with Gasteiger partial charge in [-0.05, 0) is 41.5 Å². The summed E-state index contributed by atoms with van der Waals surface area (Å²) in [5.74, 6) is 0.359. The summed E-state index contributed by atoms with van der Waals surface area (Å²) in [5, 5.41) is 11.8. The van der Waals surface area contributed by atoms with E-state index in [2.05, 4.69) is 34.5 Å². The van der Waals surface area contributed by atoms with E-state index in [1.165, 1.54) is 11.6 Å². The van der Waals surface area contributed by atoms with Gasteiger partial charge in [0.05, 0.1) is 17.3 Å². The molecule has 0 unspecified atom stereocenters. The van der Waals surface area contributed by atoms with Crippen molar-refractivity contribution in [2.75, 3.05) is 31.1 Å². The first-order valence-corrected chi connectivity index (χ1v) is 11.4. The van der Waals surface area contributed by atoms with Crippen LogP contribution in [-0.4, -0.2) is 37.0 Å². The Hall–Kier alpha value is -3.89. The Morgan fingerprint density at radius 2 is 1.76 bits per heavy atom. The van der Waals surface area contributed by atoms with Crippen molar-refractivity contribution in [3.05, 3.63) is 94.3 Å². The molecule has 2 aliphatic heterocycles. The standard InChI is InChI=1S/C27H25FN4O2/c28-24-14-21(15-29)8-9-25(24)32-12-10-31(11-13-32)17-19-4-6-20(7-5-19)18-34-26-3-1-2-22-23(26)16-30-27(22)33/h1-9,14H,10-13,16-18H2,(H,30,33). The minimum atomic E-state index is -0.339. The van der Waals surface area contributed by atoms with Gasteiger partial charge in [-0.15, -0.1) is 0 Å². The van der Waals surface area contributed by atoms with Gasteiger partial charge in [0, 0.05) is 50.4 Å². The average Bonchev–Trinajstić information content (AvgIpc) is 3.25. The molecule has 34 heavy (non-hydrogen) atoms. The van der Waals surface area contributed by atoms with Crippen LogP contribution in [-0.2, 0) is 19.7 Å². The van der Waals surface area contributed by atoms with Crippen molar-refractivity contribution in [1.29, 1.82) is 5.26 Å². The van der Waals surface area contributed by atoms with Crippen molar-refractivity contribution in [2.45, 2.75) is 19.7 Å². The van der Waals surface area contributed by atoms with Crippen LogP contribution in [0.15, 0.2) is 60.7 Å². The molecule has 0 saturated carbocycles. The molecule has 0 atom stereocenters. The molecule has 0 bridgehead atoms. The highest BCUT2D eigenvalue weighted by molar-refractivity contribution is 5.99. The summed E-state index contributed by atoms with van der Waals surface area (Å²) in [6, 6.07) is 20.6. The number of anilines is 1. The van der Waals surface area contributed by atoms with E-state index in [1.807, 2.05) is 29.2 Å². The Balaban J connectivity index is 1.13. The average molecular weight is 457 g/mol. The molecule has 2 heterocycles. The van der Waals surface area contributed by atoms with E-state index in [4.69, 9.17) is 10.00 Å². The smallest absolute Gasteiger partial charge is 0.252 e. The van der Waals surface area contributed by atoms with E-state index >= 15 is 0 Å². The third kappa shape index (κ3) is 4.59. The van der Waals surface area contributed by atoms with Gasteiger partial charge in [-0.1, -0.05) is 30.3 Å². The number of amides is 1. The van der Waals surface area contributed by atoms with E-state index in [0.717, 1.165) is 49.6 Å². The Bertz CT molecular complexity index is 1240. The number of ether oxygens (including phenoxy) is 1. The molecule has 0 aromatic heterocycles. The third-order valence-electron chi connectivity index (χ3n) is 6.42. The van der Waals surface area contributed by atoms with Gasteiger partial charge in [0.25, 0.3) is 5.91 Å².